The maximum atomic E-state index is 12.4. The number of amides is 1. The molecule has 0 aliphatic carbocycles. The van der Waals surface area contributed by atoms with Gasteiger partial charge in [-0.15, -0.1) is 0 Å². The van der Waals surface area contributed by atoms with Gasteiger partial charge in [-0.25, -0.2) is 0 Å². The van der Waals surface area contributed by atoms with Crippen LogP contribution in [0.5, 0.6) is 11.5 Å². The molecule has 1 aliphatic heterocycles. The predicted molar refractivity (Wildman–Crippen MR) is 97.1 cm³/mol. The van der Waals surface area contributed by atoms with Gasteiger partial charge in [0.05, 0.1) is 24.7 Å². The third kappa shape index (κ3) is 5.30. The monoisotopic (exact) mass is 366 g/mol. The van der Waals surface area contributed by atoms with Crippen LogP contribution in [0, 0.1) is 10.1 Å². The fraction of sp³-hybridized carbons (Fsp3) is 0.588. The van der Waals surface area contributed by atoms with Gasteiger partial charge in [0.15, 0.2) is 11.5 Å². The van der Waals surface area contributed by atoms with E-state index in [1.54, 1.807) is 6.92 Å². The Morgan fingerprint density at radius 3 is 2.69 bits per heavy atom. The van der Waals surface area contributed by atoms with Crippen LogP contribution in [-0.4, -0.2) is 68.7 Å². The van der Waals surface area contributed by atoms with Crippen molar-refractivity contribution in [1.29, 1.82) is 0 Å². The van der Waals surface area contributed by atoms with Gasteiger partial charge in [-0.3, -0.25) is 14.9 Å². The number of hydrogen-bond donors (Lipinski definition) is 2. The molecule has 1 saturated heterocycles. The smallest absolute Gasteiger partial charge is 0.286 e. The van der Waals surface area contributed by atoms with Crippen LogP contribution in [0.1, 0.15) is 23.7 Å². The third-order valence-corrected chi connectivity index (χ3v) is 4.17. The molecule has 0 atom stereocenters. The van der Waals surface area contributed by atoms with E-state index >= 15 is 0 Å². The second kappa shape index (κ2) is 9.93. The van der Waals surface area contributed by atoms with Gasteiger partial charge in [0.25, 0.3) is 11.6 Å². The van der Waals surface area contributed by atoms with Crippen molar-refractivity contribution in [3.63, 3.8) is 0 Å². The summed E-state index contributed by atoms with van der Waals surface area (Å²) in [5.74, 6) is 0.0544. The SMILES string of the molecule is CCOc1cc([N+](=O)[O-])c(C(=O)NCCCN2CCNCC2)cc1OC. The average molecular weight is 366 g/mol. The van der Waals surface area contributed by atoms with Crippen molar-refractivity contribution in [3.8, 4) is 11.5 Å². The summed E-state index contributed by atoms with van der Waals surface area (Å²) in [5.41, 5.74) is -0.327. The van der Waals surface area contributed by atoms with Gasteiger partial charge < -0.3 is 25.0 Å². The maximum absolute atomic E-state index is 12.4. The molecule has 0 saturated carbocycles. The highest BCUT2D eigenvalue weighted by Gasteiger charge is 2.24. The molecule has 1 fully saturated rings. The van der Waals surface area contributed by atoms with Crippen LogP contribution in [0.15, 0.2) is 12.1 Å². The molecular formula is C17H26N4O5. The topological polar surface area (TPSA) is 106 Å². The Morgan fingerprint density at radius 1 is 1.35 bits per heavy atom. The largest absolute Gasteiger partial charge is 0.493 e. The van der Waals surface area contributed by atoms with E-state index in [4.69, 9.17) is 9.47 Å². The van der Waals surface area contributed by atoms with E-state index in [1.807, 2.05) is 0 Å². The summed E-state index contributed by atoms with van der Waals surface area (Å²) in [6, 6.07) is 2.59. The number of piperazine rings is 1. The number of nitrogens with zero attached hydrogens (tertiary/aromatic N) is 2. The van der Waals surface area contributed by atoms with Crippen molar-refractivity contribution in [3.05, 3.63) is 27.8 Å². The summed E-state index contributed by atoms with van der Waals surface area (Å²) in [7, 11) is 1.43. The fourth-order valence-corrected chi connectivity index (χ4v) is 2.84. The third-order valence-electron chi connectivity index (χ3n) is 4.17. The lowest BCUT2D eigenvalue weighted by Crippen LogP contribution is -2.44. The molecule has 0 spiro atoms. The van der Waals surface area contributed by atoms with Crippen molar-refractivity contribution in [2.75, 3.05) is 53.0 Å². The number of carbonyl (C=O) groups excluding carboxylic acids is 1. The van der Waals surface area contributed by atoms with Crippen molar-refractivity contribution in [1.82, 2.24) is 15.5 Å². The molecule has 1 aromatic rings. The molecule has 9 heteroatoms. The van der Waals surface area contributed by atoms with Crippen LogP contribution >= 0.6 is 0 Å². The van der Waals surface area contributed by atoms with Gasteiger partial charge in [0, 0.05) is 38.8 Å². The number of rotatable bonds is 9. The normalized spacial score (nSPS) is 14.7. The predicted octanol–water partition coefficient (Wildman–Crippen LogP) is 1.03. The molecule has 0 bridgehead atoms. The highest BCUT2D eigenvalue weighted by molar-refractivity contribution is 5.99. The summed E-state index contributed by atoms with van der Waals surface area (Å²) in [4.78, 5) is 25.5. The number of nitro benzene ring substituents is 1. The number of hydrogen-bond acceptors (Lipinski definition) is 7. The minimum atomic E-state index is -0.586. The Hall–Kier alpha value is -2.39. The van der Waals surface area contributed by atoms with Gasteiger partial charge in [-0.1, -0.05) is 0 Å². The van der Waals surface area contributed by atoms with E-state index in [0.29, 0.717) is 18.9 Å². The van der Waals surface area contributed by atoms with Crippen LogP contribution in [0.2, 0.25) is 0 Å². The van der Waals surface area contributed by atoms with E-state index in [9.17, 15) is 14.9 Å². The van der Waals surface area contributed by atoms with Crippen LogP contribution < -0.4 is 20.1 Å². The lowest BCUT2D eigenvalue weighted by Gasteiger charge is -2.27. The lowest BCUT2D eigenvalue weighted by molar-refractivity contribution is -0.385. The van der Waals surface area contributed by atoms with Gasteiger partial charge in [0.2, 0.25) is 0 Å². The van der Waals surface area contributed by atoms with E-state index in [0.717, 1.165) is 39.1 Å². The van der Waals surface area contributed by atoms with Gasteiger partial charge in [0.1, 0.15) is 5.56 Å². The van der Waals surface area contributed by atoms with Crippen LogP contribution in [-0.2, 0) is 0 Å². The Labute approximate surface area is 152 Å². The first-order valence-electron chi connectivity index (χ1n) is 8.77. The van der Waals surface area contributed by atoms with Gasteiger partial charge in [-0.2, -0.15) is 0 Å². The van der Waals surface area contributed by atoms with Crippen LogP contribution in [0.3, 0.4) is 0 Å². The zero-order valence-electron chi connectivity index (χ0n) is 15.2. The molecule has 0 radical (unpaired) electrons. The minimum Gasteiger partial charge on any atom is -0.493 e. The zero-order chi connectivity index (χ0) is 18.9. The van der Waals surface area contributed by atoms with Crippen molar-refractivity contribution in [2.45, 2.75) is 13.3 Å². The number of carbonyl (C=O) groups is 1. The zero-order valence-corrected chi connectivity index (χ0v) is 15.2. The fourth-order valence-electron chi connectivity index (χ4n) is 2.84. The van der Waals surface area contributed by atoms with E-state index < -0.39 is 10.8 Å². The maximum Gasteiger partial charge on any atom is 0.286 e. The quantitative estimate of drug-likeness (QED) is 0.382. The second-order valence-corrected chi connectivity index (χ2v) is 5.91. The van der Waals surface area contributed by atoms with Crippen LogP contribution in [0.4, 0.5) is 5.69 Å². The van der Waals surface area contributed by atoms with Gasteiger partial charge >= 0.3 is 0 Å². The Kier molecular flexibility index (Phi) is 7.61. The van der Waals surface area contributed by atoms with Crippen molar-refractivity contribution in [2.24, 2.45) is 0 Å². The summed E-state index contributed by atoms with van der Waals surface area (Å²) in [5, 5.41) is 17.4. The standard InChI is InChI=1S/C17H26N4O5/c1-3-26-16-12-14(21(23)24)13(11-15(16)25-2)17(22)19-5-4-8-20-9-6-18-7-10-20/h11-12,18H,3-10H2,1-2H3,(H,19,22). The first-order valence-corrected chi connectivity index (χ1v) is 8.77. The summed E-state index contributed by atoms with van der Waals surface area (Å²) in [6.45, 7) is 7.39. The van der Waals surface area contributed by atoms with Crippen molar-refractivity contribution < 1.29 is 19.2 Å². The van der Waals surface area contributed by atoms with Gasteiger partial charge in [-0.05, 0) is 19.9 Å². The molecular weight excluding hydrogens is 340 g/mol. The Bertz CT molecular complexity index is 632. The van der Waals surface area contributed by atoms with Crippen molar-refractivity contribution >= 4 is 11.6 Å². The molecule has 144 valence electrons. The lowest BCUT2D eigenvalue weighted by atomic mass is 10.1. The molecule has 2 N–H and O–H groups in total. The highest BCUT2D eigenvalue weighted by Crippen LogP contribution is 2.34. The molecule has 9 nitrogen and oxygen atoms in total. The number of nitro groups is 1. The molecule has 0 aromatic heterocycles. The highest BCUT2D eigenvalue weighted by atomic mass is 16.6. The molecule has 1 amide bonds. The molecule has 1 aliphatic rings. The molecule has 1 heterocycles. The molecule has 26 heavy (non-hydrogen) atoms. The van der Waals surface area contributed by atoms with E-state index in [-0.39, 0.29) is 17.0 Å². The average Bonchev–Trinajstić information content (AvgIpc) is 2.65. The number of ether oxygens (including phenoxy) is 2. The Balaban J connectivity index is 2.00. The minimum absolute atomic E-state index is 0.0301. The molecule has 1 aromatic carbocycles. The first kappa shape index (κ1) is 19.9. The Morgan fingerprint density at radius 2 is 2.08 bits per heavy atom. The number of methoxy groups -OCH3 is 1. The van der Waals surface area contributed by atoms with E-state index in [1.165, 1.54) is 19.2 Å². The van der Waals surface area contributed by atoms with E-state index in [2.05, 4.69) is 15.5 Å². The number of benzene rings is 1. The number of nitrogens with one attached hydrogen (secondary N) is 2. The summed E-state index contributed by atoms with van der Waals surface area (Å²) in [6.07, 6.45) is 0.785. The van der Waals surface area contributed by atoms with Crippen LogP contribution in [0.25, 0.3) is 0 Å². The first-order chi connectivity index (χ1) is 12.6. The second-order valence-electron chi connectivity index (χ2n) is 5.91. The summed E-state index contributed by atoms with van der Waals surface area (Å²) < 4.78 is 10.5. The molecule has 2 rings (SSSR count). The molecule has 0 unspecified atom stereocenters. The summed E-state index contributed by atoms with van der Waals surface area (Å²) >= 11 is 0.